The van der Waals surface area contributed by atoms with Crippen LogP contribution in [0.15, 0.2) is 29.4 Å². The lowest BCUT2D eigenvalue weighted by atomic mass is 9.86. The van der Waals surface area contributed by atoms with Gasteiger partial charge in [-0.05, 0) is 37.8 Å². The van der Waals surface area contributed by atoms with Crippen molar-refractivity contribution in [2.24, 2.45) is 10.9 Å². The Balaban J connectivity index is 0.00000264. The van der Waals surface area contributed by atoms with Crippen molar-refractivity contribution in [1.29, 1.82) is 0 Å². The van der Waals surface area contributed by atoms with E-state index in [2.05, 4.69) is 27.5 Å². The van der Waals surface area contributed by atoms with E-state index in [1.807, 2.05) is 24.4 Å². The second-order valence-corrected chi connectivity index (χ2v) is 6.09. The lowest BCUT2D eigenvalue weighted by molar-refractivity contribution is 0.332. The number of hydrogen-bond donors (Lipinski definition) is 2. The molecule has 130 valence electrons. The van der Waals surface area contributed by atoms with Gasteiger partial charge in [0, 0.05) is 19.3 Å². The summed E-state index contributed by atoms with van der Waals surface area (Å²) in [6.07, 6.45) is 11.6. The minimum Gasteiger partial charge on any atom is -0.357 e. The molecule has 0 unspecified atom stereocenters. The fourth-order valence-electron chi connectivity index (χ4n) is 3.07. The normalized spacial score (nSPS) is 15.8. The minimum atomic E-state index is 0. The molecular weight excluding hydrogens is 399 g/mol. The average molecular weight is 430 g/mol. The van der Waals surface area contributed by atoms with Gasteiger partial charge in [0.1, 0.15) is 0 Å². The summed E-state index contributed by atoms with van der Waals surface area (Å²) in [5.74, 6) is 1.86. The van der Waals surface area contributed by atoms with Crippen molar-refractivity contribution in [3.8, 4) is 0 Å². The molecule has 5 heteroatoms. The predicted octanol–water partition coefficient (Wildman–Crippen LogP) is 4.12. The Labute approximate surface area is 158 Å². The smallest absolute Gasteiger partial charge is 0.191 e. The molecule has 2 rings (SSSR count). The molecule has 1 saturated carbocycles. The molecule has 23 heavy (non-hydrogen) atoms. The number of nitrogens with one attached hydrogen (secondary N) is 2. The SMILES string of the molecule is CCNC(=NCc1ccccn1)NCCCC1CCCCC1.I. The van der Waals surface area contributed by atoms with Crippen LogP contribution in [0.2, 0.25) is 0 Å². The van der Waals surface area contributed by atoms with Crippen molar-refractivity contribution in [1.82, 2.24) is 15.6 Å². The zero-order valence-corrected chi connectivity index (χ0v) is 16.6. The number of guanidine groups is 1. The molecule has 0 atom stereocenters. The van der Waals surface area contributed by atoms with E-state index >= 15 is 0 Å². The Morgan fingerprint density at radius 3 is 2.74 bits per heavy atom. The zero-order valence-electron chi connectivity index (χ0n) is 14.3. The molecule has 0 aliphatic heterocycles. The summed E-state index contributed by atoms with van der Waals surface area (Å²) >= 11 is 0. The third-order valence-electron chi connectivity index (χ3n) is 4.28. The van der Waals surface area contributed by atoms with Crippen molar-refractivity contribution in [3.63, 3.8) is 0 Å². The number of aromatic nitrogens is 1. The standard InChI is InChI=1S/C18H30N4.HI/c1-2-19-18(22-15-17-12-6-7-13-20-17)21-14-8-11-16-9-4-3-5-10-16;/h6-7,12-13,16H,2-5,8-11,14-15H2,1H3,(H2,19,21,22);1H. The van der Waals surface area contributed by atoms with Crippen molar-refractivity contribution >= 4 is 29.9 Å². The van der Waals surface area contributed by atoms with E-state index in [1.54, 1.807) is 0 Å². The summed E-state index contributed by atoms with van der Waals surface area (Å²) in [7, 11) is 0. The van der Waals surface area contributed by atoms with Crippen molar-refractivity contribution < 1.29 is 0 Å². The van der Waals surface area contributed by atoms with E-state index in [0.29, 0.717) is 6.54 Å². The monoisotopic (exact) mass is 430 g/mol. The van der Waals surface area contributed by atoms with Crippen LogP contribution in [-0.2, 0) is 6.54 Å². The number of hydrogen-bond acceptors (Lipinski definition) is 2. The molecule has 0 saturated heterocycles. The maximum absolute atomic E-state index is 4.60. The van der Waals surface area contributed by atoms with Crippen LogP contribution in [-0.4, -0.2) is 24.0 Å². The van der Waals surface area contributed by atoms with Gasteiger partial charge in [0.05, 0.1) is 12.2 Å². The molecule has 0 radical (unpaired) electrons. The summed E-state index contributed by atoms with van der Waals surface area (Å²) in [6.45, 7) is 4.61. The summed E-state index contributed by atoms with van der Waals surface area (Å²) in [4.78, 5) is 8.91. The van der Waals surface area contributed by atoms with Crippen molar-refractivity contribution in [2.75, 3.05) is 13.1 Å². The molecule has 1 aliphatic rings. The van der Waals surface area contributed by atoms with E-state index in [4.69, 9.17) is 0 Å². The highest BCUT2D eigenvalue weighted by molar-refractivity contribution is 14.0. The van der Waals surface area contributed by atoms with Gasteiger partial charge in [0.25, 0.3) is 0 Å². The molecule has 0 spiro atoms. The van der Waals surface area contributed by atoms with Crippen LogP contribution in [0.3, 0.4) is 0 Å². The molecule has 0 bridgehead atoms. The van der Waals surface area contributed by atoms with E-state index < -0.39 is 0 Å². The topological polar surface area (TPSA) is 49.3 Å². The van der Waals surface area contributed by atoms with Gasteiger partial charge < -0.3 is 10.6 Å². The third-order valence-corrected chi connectivity index (χ3v) is 4.28. The van der Waals surface area contributed by atoms with E-state index in [0.717, 1.165) is 30.7 Å². The van der Waals surface area contributed by atoms with Gasteiger partial charge in [-0.2, -0.15) is 0 Å². The third kappa shape index (κ3) is 8.53. The van der Waals surface area contributed by atoms with Gasteiger partial charge in [-0.25, -0.2) is 4.99 Å². The van der Waals surface area contributed by atoms with Crippen LogP contribution in [0.4, 0.5) is 0 Å². The number of nitrogens with zero attached hydrogens (tertiary/aromatic N) is 2. The van der Waals surface area contributed by atoms with Crippen molar-refractivity contribution in [3.05, 3.63) is 30.1 Å². The van der Waals surface area contributed by atoms with Crippen LogP contribution in [0.5, 0.6) is 0 Å². The highest BCUT2D eigenvalue weighted by Crippen LogP contribution is 2.26. The first-order valence-corrected chi connectivity index (χ1v) is 8.80. The molecule has 4 nitrogen and oxygen atoms in total. The molecule has 2 N–H and O–H groups in total. The highest BCUT2D eigenvalue weighted by atomic mass is 127. The van der Waals surface area contributed by atoms with Gasteiger partial charge >= 0.3 is 0 Å². The lowest BCUT2D eigenvalue weighted by Crippen LogP contribution is -2.37. The lowest BCUT2D eigenvalue weighted by Gasteiger charge is -2.21. The molecule has 1 aromatic heterocycles. The van der Waals surface area contributed by atoms with Crippen LogP contribution >= 0.6 is 24.0 Å². The second-order valence-electron chi connectivity index (χ2n) is 6.09. The first-order chi connectivity index (χ1) is 10.9. The average Bonchev–Trinajstić information content (AvgIpc) is 2.58. The molecule has 0 amide bonds. The van der Waals surface area contributed by atoms with Gasteiger partial charge in [0.2, 0.25) is 0 Å². The quantitative estimate of drug-likeness (QED) is 0.296. The number of rotatable bonds is 7. The molecule has 1 aromatic rings. The Kier molecular flexibility index (Phi) is 11.0. The molecule has 1 fully saturated rings. The Bertz CT molecular complexity index is 430. The second kappa shape index (κ2) is 12.6. The Hall–Kier alpha value is -0.850. The van der Waals surface area contributed by atoms with Crippen molar-refractivity contribution in [2.45, 2.75) is 58.4 Å². The zero-order chi connectivity index (χ0) is 15.5. The fourth-order valence-corrected chi connectivity index (χ4v) is 3.07. The number of halogens is 1. The minimum absolute atomic E-state index is 0. The number of aliphatic imine (C=N–C) groups is 1. The first-order valence-electron chi connectivity index (χ1n) is 8.80. The predicted molar refractivity (Wildman–Crippen MR) is 108 cm³/mol. The van der Waals surface area contributed by atoms with Gasteiger partial charge in [0.15, 0.2) is 5.96 Å². The van der Waals surface area contributed by atoms with Crippen LogP contribution in [0, 0.1) is 5.92 Å². The summed E-state index contributed by atoms with van der Waals surface area (Å²) < 4.78 is 0. The fraction of sp³-hybridized carbons (Fsp3) is 0.667. The first kappa shape index (κ1) is 20.2. The van der Waals surface area contributed by atoms with Crippen LogP contribution < -0.4 is 10.6 Å². The summed E-state index contributed by atoms with van der Waals surface area (Å²) in [5, 5.41) is 6.74. The van der Waals surface area contributed by atoms with Gasteiger partial charge in [-0.3, -0.25) is 4.98 Å². The largest absolute Gasteiger partial charge is 0.357 e. The molecule has 1 heterocycles. The van der Waals surface area contributed by atoms with Gasteiger partial charge in [-0.15, -0.1) is 24.0 Å². The molecule has 1 aliphatic carbocycles. The molecule has 0 aromatic carbocycles. The Morgan fingerprint density at radius 2 is 2.04 bits per heavy atom. The van der Waals surface area contributed by atoms with Crippen LogP contribution in [0.25, 0.3) is 0 Å². The maximum Gasteiger partial charge on any atom is 0.191 e. The van der Waals surface area contributed by atoms with Gasteiger partial charge in [-0.1, -0.05) is 38.2 Å². The van der Waals surface area contributed by atoms with Crippen LogP contribution in [0.1, 0.15) is 57.6 Å². The van der Waals surface area contributed by atoms with E-state index in [1.165, 1.54) is 44.9 Å². The number of pyridine rings is 1. The maximum atomic E-state index is 4.60. The van der Waals surface area contributed by atoms with E-state index in [9.17, 15) is 0 Å². The summed E-state index contributed by atoms with van der Waals surface area (Å²) in [6, 6.07) is 5.94. The van der Waals surface area contributed by atoms with E-state index in [-0.39, 0.29) is 24.0 Å². The molecular formula is C18H31IN4. The summed E-state index contributed by atoms with van der Waals surface area (Å²) in [5.41, 5.74) is 1.00. The highest BCUT2D eigenvalue weighted by Gasteiger charge is 2.12. The Morgan fingerprint density at radius 1 is 1.22 bits per heavy atom.